The van der Waals surface area contributed by atoms with E-state index in [2.05, 4.69) is 16.0 Å². The predicted molar refractivity (Wildman–Crippen MR) is 98.0 cm³/mol. The van der Waals surface area contributed by atoms with Crippen LogP contribution in [0.15, 0.2) is 0 Å². The highest BCUT2D eigenvalue weighted by Crippen LogP contribution is 2.07. The van der Waals surface area contributed by atoms with Gasteiger partial charge in [0.05, 0.1) is 19.4 Å². The number of primary amides is 1. The molecule has 4 amide bonds. The summed E-state index contributed by atoms with van der Waals surface area (Å²) in [5, 5.41) is 24.6. The Labute approximate surface area is 166 Å². The molecule has 0 heterocycles. The van der Waals surface area contributed by atoms with E-state index in [0.717, 1.165) is 0 Å². The summed E-state index contributed by atoms with van der Waals surface area (Å²) in [6, 6.07) is -4.34. The van der Waals surface area contributed by atoms with Crippen LogP contribution in [0.25, 0.3) is 0 Å². The van der Waals surface area contributed by atoms with Crippen LogP contribution in [0, 0.1) is 5.92 Å². The first kappa shape index (κ1) is 25.8. The summed E-state index contributed by atoms with van der Waals surface area (Å²) < 4.78 is 0. The smallest absolute Gasteiger partial charge is 0.326 e. The maximum atomic E-state index is 12.5. The summed E-state index contributed by atoms with van der Waals surface area (Å²) in [6.07, 6.45) is -1.34. The van der Waals surface area contributed by atoms with Gasteiger partial charge in [-0.3, -0.25) is 24.0 Å². The number of nitrogens with one attached hydrogen (secondary N) is 3. The van der Waals surface area contributed by atoms with Crippen molar-refractivity contribution in [2.75, 3.05) is 6.54 Å². The number of hydrogen-bond acceptors (Lipinski definition) is 7. The van der Waals surface area contributed by atoms with Crippen LogP contribution >= 0.6 is 0 Å². The molecule has 3 atom stereocenters. The van der Waals surface area contributed by atoms with Crippen molar-refractivity contribution in [1.82, 2.24) is 16.0 Å². The van der Waals surface area contributed by atoms with E-state index in [1.165, 1.54) is 0 Å². The Morgan fingerprint density at radius 2 is 1.34 bits per heavy atom. The second-order valence-electron chi connectivity index (χ2n) is 6.68. The summed E-state index contributed by atoms with van der Waals surface area (Å²) in [7, 11) is 0. The van der Waals surface area contributed by atoms with Gasteiger partial charge in [-0.1, -0.05) is 13.8 Å². The predicted octanol–water partition coefficient (Wildman–Crippen LogP) is -3.12. The van der Waals surface area contributed by atoms with Crippen molar-refractivity contribution >= 4 is 35.6 Å². The van der Waals surface area contributed by atoms with E-state index in [-0.39, 0.29) is 12.3 Å². The lowest BCUT2D eigenvalue weighted by atomic mass is 10.0. The van der Waals surface area contributed by atoms with Crippen LogP contribution in [0.3, 0.4) is 0 Å². The van der Waals surface area contributed by atoms with Crippen molar-refractivity contribution in [3.63, 3.8) is 0 Å². The number of amides is 4. The molecule has 9 N–H and O–H groups in total. The molecule has 0 aliphatic heterocycles. The van der Waals surface area contributed by atoms with E-state index in [9.17, 15) is 28.8 Å². The quantitative estimate of drug-likeness (QED) is 0.160. The summed E-state index contributed by atoms with van der Waals surface area (Å²) in [5.74, 6) is -6.58. The number of aliphatic carboxylic acids is 2. The van der Waals surface area contributed by atoms with Crippen LogP contribution in [-0.2, 0) is 28.8 Å². The fraction of sp³-hybridized carbons (Fsp3) is 0.625. The molecule has 0 aromatic heterocycles. The average Bonchev–Trinajstić information content (AvgIpc) is 2.58. The molecule has 0 saturated carbocycles. The van der Waals surface area contributed by atoms with E-state index >= 15 is 0 Å². The normalized spacial score (nSPS) is 13.7. The van der Waals surface area contributed by atoms with Gasteiger partial charge in [0.2, 0.25) is 23.6 Å². The van der Waals surface area contributed by atoms with Gasteiger partial charge in [-0.25, -0.2) is 4.79 Å². The molecule has 0 saturated heterocycles. The Balaban J connectivity index is 5.41. The number of carbonyl (C=O) groups is 6. The van der Waals surface area contributed by atoms with Gasteiger partial charge in [0.25, 0.3) is 0 Å². The largest absolute Gasteiger partial charge is 0.481 e. The van der Waals surface area contributed by atoms with Gasteiger partial charge in [0.15, 0.2) is 0 Å². The van der Waals surface area contributed by atoms with Crippen LogP contribution in [0.4, 0.5) is 0 Å². The molecule has 3 unspecified atom stereocenters. The summed E-state index contributed by atoms with van der Waals surface area (Å²) in [6.45, 7) is 2.98. The Kier molecular flexibility index (Phi) is 10.9. The van der Waals surface area contributed by atoms with E-state index in [0.29, 0.717) is 0 Å². The highest BCUT2D eigenvalue weighted by molar-refractivity contribution is 5.95. The summed E-state index contributed by atoms with van der Waals surface area (Å²) in [5.41, 5.74) is 10.1. The maximum absolute atomic E-state index is 12.5. The first-order valence-electron chi connectivity index (χ1n) is 8.70. The number of rotatable bonds is 13. The van der Waals surface area contributed by atoms with Gasteiger partial charge < -0.3 is 37.6 Å². The second-order valence-corrected chi connectivity index (χ2v) is 6.68. The van der Waals surface area contributed by atoms with Crippen LogP contribution < -0.4 is 27.4 Å². The standard InChI is InChI=1S/C16H27N5O8/c1-7(2)3-8(14(26)21-10(16(28)29)4-11(18)22)20-15(27)9(5-13(24)25)19-12(23)6-17/h7-10H,3-6,17H2,1-2H3,(H2,18,22)(H,19,23)(H,20,27)(H,21,26)(H,24,25)(H,28,29). The molecule has 0 bridgehead atoms. The molecule has 29 heavy (non-hydrogen) atoms. The fourth-order valence-corrected chi connectivity index (χ4v) is 2.29. The average molecular weight is 417 g/mol. The topological polar surface area (TPSA) is 231 Å². The minimum atomic E-state index is -1.60. The minimum Gasteiger partial charge on any atom is -0.481 e. The van der Waals surface area contributed by atoms with E-state index in [1.54, 1.807) is 13.8 Å². The minimum absolute atomic E-state index is 0.0745. The highest BCUT2D eigenvalue weighted by atomic mass is 16.4. The number of nitrogens with two attached hydrogens (primary N) is 2. The van der Waals surface area contributed by atoms with Crippen LogP contribution in [0.2, 0.25) is 0 Å². The Hall–Kier alpha value is -3.22. The van der Waals surface area contributed by atoms with Crippen LogP contribution in [0.5, 0.6) is 0 Å². The Bertz CT molecular complexity index is 651. The first-order chi connectivity index (χ1) is 13.4. The molecular weight excluding hydrogens is 390 g/mol. The fourth-order valence-electron chi connectivity index (χ4n) is 2.29. The molecule has 0 fully saturated rings. The zero-order valence-corrected chi connectivity index (χ0v) is 16.1. The van der Waals surface area contributed by atoms with E-state index in [4.69, 9.17) is 21.7 Å². The van der Waals surface area contributed by atoms with Gasteiger partial charge in [0, 0.05) is 0 Å². The van der Waals surface area contributed by atoms with Crippen molar-refractivity contribution < 1.29 is 39.0 Å². The molecule has 0 rings (SSSR count). The molecule has 0 aliphatic rings. The van der Waals surface area contributed by atoms with Crippen LogP contribution in [0.1, 0.15) is 33.1 Å². The van der Waals surface area contributed by atoms with Crippen molar-refractivity contribution in [2.24, 2.45) is 17.4 Å². The Morgan fingerprint density at radius 1 is 0.828 bits per heavy atom. The zero-order valence-electron chi connectivity index (χ0n) is 16.1. The molecule has 0 spiro atoms. The van der Waals surface area contributed by atoms with Crippen molar-refractivity contribution in [3.05, 3.63) is 0 Å². The van der Waals surface area contributed by atoms with Gasteiger partial charge in [-0.05, 0) is 12.3 Å². The Morgan fingerprint density at radius 3 is 1.76 bits per heavy atom. The third kappa shape index (κ3) is 10.6. The second kappa shape index (κ2) is 12.3. The molecule has 13 nitrogen and oxygen atoms in total. The molecule has 0 aromatic rings. The SMILES string of the molecule is CC(C)CC(NC(=O)C(CC(=O)O)NC(=O)CN)C(=O)NC(CC(N)=O)C(=O)O. The number of carboxylic acid groups (broad SMARTS) is 2. The highest BCUT2D eigenvalue weighted by Gasteiger charge is 2.31. The van der Waals surface area contributed by atoms with Crippen molar-refractivity contribution in [1.29, 1.82) is 0 Å². The van der Waals surface area contributed by atoms with Crippen molar-refractivity contribution in [3.8, 4) is 0 Å². The van der Waals surface area contributed by atoms with Gasteiger partial charge in [-0.2, -0.15) is 0 Å². The monoisotopic (exact) mass is 417 g/mol. The van der Waals surface area contributed by atoms with Gasteiger partial charge >= 0.3 is 11.9 Å². The number of carboxylic acids is 2. The molecule has 0 radical (unpaired) electrons. The molecule has 164 valence electrons. The van der Waals surface area contributed by atoms with Gasteiger partial charge in [-0.15, -0.1) is 0 Å². The third-order valence-electron chi connectivity index (χ3n) is 3.58. The maximum Gasteiger partial charge on any atom is 0.326 e. The zero-order chi connectivity index (χ0) is 22.7. The molecule has 0 aromatic carbocycles. The summed E-state index contributed by atoms with van der Waals surface area (Å²) in [4.78, 5) is 69.4. The first-order valence-corrected chi connectivity index (χ1v) is 8.70. The van der Waals surface area contributed by atoms with Gasteiger partial charge in [0.1, 0.15) is 18.1 Å². The lowest BCUT2D eigenvalue weighted by molar-refractivity contribution is -0.144. The van der Waals surface area contributed by atoms with E-state index < -0.39 is 73.1 Å². The van der Waals surface area contributed by atoms with E-state index in [1.807, 2.05) is 0 Å². The number of hydrogen-bond donors (Lipinski definition) is 7. The number of carbonyl (C=O) groups excluding carboxylic acids is 4. The third-order valence-corrected chi connectivity index (χ3v) is 3.58. The molecule has 0 aliphatic carbocycles. The van der Waals surface area contributed by atoms with Crippen LogP contribution in [-0.4, -0.2) is 70.5 Å². The molecule has 13 heteroatoms. The lowest BCUT2D eigenvalue weighted by Gasteiger charge is -2.24. The van der Waals surface area contributed by atoms with Crippen molar-refractivity contribution in [2.45, 2.75) is 51.2 Å². The summed E-state index contributed by atoms with van der Waals surface area (Å²) >= 11 is 0. The lowest BCUT2D eigenvalue weighted by Crippen LogP contribution is -2.57. The molecular formula is C16H27N5O8.